The van der Waals surface area contributed by atoms with Gasteiger partial charge >= 0.3 is 5.97 Å². The number of hydrogen-bond donors (Lipinski definition) is 1. The lowest BCUT2D eigenvalue weighted by Crippen LogP contribution is -2.46. The molecule has 3 rings (SSSR count). The van der Waals surface area contributed by atoms with Crippen molar-refractivity contribution in [1.82, 2.24) is 5.32 Å². The Bertz CT molecular complexity index is 905. The Balaban J connectivity index is 2.01. The van der Waals surface area contributed by atoms with Gasteiger partial charge in [-0.15, -0.1) is 0 Å². The first-order valence-corrected chi connectivity index (χ1v) is 8.84. The molecule has 0 saturated carbocycles. The number of hydrogen-bond acceptors (Lipinski definition) is 3. The summed E-state index contributed by atoms with van der Waals surface area (Å²) in [5, 5.41) is 2.73. The maximum absolute atomic E-state index is 13.5. The maximum atomic E-state index is 13.5. The van der Waals surface area contributed by atoms with E-state index in [1.165, 1.54) is 25.3 Å². The second kappa shape index (κ2) is 8.95. The fraction of sp³-hybridized carbons (Fsp3) is 0.130. The Hall–Kier alpha value is -3.47. The van der Waals surface area contributed by atoms with Gasteiger partial charge < -0.3 is 10.1 Å². The number of benzene rings is 3. The van der Waals surface area contributed by atoms with E-state index in [0.717, 1.165) is 17.2 Å². The fourth-order valence-electron chi connectivity index (χ4n) is 3.16. The van der Waals surface area contributed by atoms with Gasteiger partial charge in [0.15, 0.2) is 0 Å². The number of amides is 1. The van der Waals surface area contributed by atoms with Crippen LogP contribution in [0.2, 0.25) is 0 Å². The van der Waals surface area contributed by atoms with Crippen molar-refractivity contribution >= 4 is 11.9 Å². The Morgan fingerprint density at radius 2 is 1.43 bits per heavy atom. The smallest absolute Gasteiger partial charge is 0.329 e. The van der Waals surface area contributed by atoms with Crippen molar-refractivity contribution in [2.45, 2.75) is 12.0 Å². The topological polar surface area (TPSA) is 55.4 Å². The zero-order chi connectivity index (χ0) is 19.9. The summed E-state index contributed by atoms with van der Waals surface area (Å²) in [5.74, 6) is -2.12. The molecule has 1 N–H and O–H groups in total. The summed E-state index contributed by atoms with van der Waals surface area (Å²) in [7, 11) is 1.27. The molecule has 1 atom stereocenters. The zero-order valence-corrected chi connectivity index (χ0v) is 15.3. The molecular weight excluding hydrogens is 357 g/mol. The van der Waals surface area contributed by atoms with Crippen LogP contribution in [0.5, 0.6) is 0 Å². The molecule has 0 aliphatic heterocycles. The van der Waals surface area contributed by atoms with Crippen LogP contribution in [0.4, 0.5) is 4.39 Å². The lowest BCUT2D eigenvalue weighted by Gasteiger charge is -2.27. The van der Waals surface area contributed by atoms with E-state index in [2.05, 4.69) is 5.32 Å². The Kier molecular flexibility index (Phi) is 6.17. The fourth-order valence-corrected chi connectivity index (χ4v) is 3.16. The van der Waals surface area contributed by atoms with Crippen LogP contribution in [-0.4, -0.2) is 25.0 Å². The lowest BCUT2D eigenvalue weighted by molar-refractivity contribution is -0.143. The summed E-state index contributed by atoms with van der Waals surface area (Å²) < 4.78 is 18.5. The van der Waals surface area contributed by atoms with Crippen LogP contribution in [0.25, 0.3) is 0 Å². The van der Waals surface area contributed by atoms with E-state index in [1.807, 2.05) is 60.7 Å². The van der Waals surface area contributed by atoms with E-state index >= 15 is 0 Å². The van der Waals surface area contributed by atoms with Gasteiger partial charge in [-0.3, -0.25) is 4.79 Å². The Morgan fingerprint density at radius 1 is 0.857 bits per heavy atom. The monoisotopic (exact) mass is 377 g/mol. The number of halogens is 1. The molecule has 142 valence electrons. The average molecular weight is 377 g/mol. The Labute approximate surface area is 163 Å². The van der Waals surface area contributed by atoms with Gasteiger partial charge in [-0.25, -0.2) is 9.18 Å². The number of carbonyl (C=O) groups excluding carboxylic acids is 2. The van der Waals surface area contributed by atoms with E-state index < -0.39 is 29.7 Å². The van der Waals surface area contributed by atoms with Crippen molar-refractivity contribution in [2.24, 2.45) is 0 Å². The molecule has 5 heteroatoms. The predicted octanol–water partition coefficient (Wildman–Crippen LogP) is 3.93. The van der Waals surface area contributed by atoms with Crippen LogP contribution in [0.1, 0.15) is 27.4 Å². The molecule has 0 heterocycles. The van der Waals surface area contributed by atoms with E-state index in [0.29, 0.717) is 0 Å². The number of methoxy groups -OCH3 is 1. The van der Waals surface area contributed by atoms with Gasteiger partial charge in [-0.05, 0) is 29.3 Å². The third-order valence-electron chi connectivity index (χ3n) is 4.48. The van der Waals surface area contributed by atoms with E-state index in [1.54, 1.807) is 0 Å². The van der Waals surface area contributed by atoms with Crippen molar-refractivity contribution < 1.29 is 18.7 Å². The number of rotatable bonds is 6. The van der Waals surface area contributed by atoms with Crippen LogP contribution >= 0.6 is 0 Å². The Morgan fingerprint density at radius 3 is 1.93 bits per heavy atom. The van der Waals surface area contributed by atoms with Gasteiger partial charge in [-0.2, -0.15) is 0 Å². The molecule has 1 amide bonds. The van der Waals surface area contributed by atoms with E-state index in [4.69, 9.17) is 4.74 Å². The summed E-state index contributed by atoms with van der Waals surface area (Å²) in [6, 6.07) is 23.1. The van der Waals surface area contributed by atoms with Crippen molar-refractivity contribution in [3.63, 3.8) is 0 Å². The summed E-state index contributed by atoms with van der Waals surface area (Å²) in [6.45, 7) is 0. The first-order valence-electron chi connectivity index (χ1n) is 8.84. The summed E-state index contributed by atoms with van der Waals surface area (Å²) in [5.41, 5.74) is 1.83. The van der Waals surface area contributed by atoms with Gasteiger partial charge in [0.05, 0.1) is 7.11 Å². The van der Waals surface area contributed by atoms with Gasteiger partial charge in [0, 0.05) is 11.5 Å². The highest BCUT2D eigenvalue weighted by Crippen LogP contribution is 2.29. The molecular formula is C23H20FNO3. The molecule has 0 bridgehead atoms. The SMILES string of the molecule is COC(=O)[C@H](NC(=O)c1cccc(F)c1)C(c1ccccc1)c1ccccc1. The third kappa shape index (κ3) is 4.43. The quantitative estimate of drug-likeness (QED) is 0.662. The summed E-state index contributed by atoms with van der Waals surface area (Å²) in [4.78, 5) is 25.3. The molecule has 3 aromatic carbocycles. The average Bonchev–Trinajstić information content (AvgIpc) is 2.74. The van der Waals surface area contributed by atoms with Crippen molar-refractivity contribution in [1.29, 1.82) is 0 Å². The maximum Gasteiger partial charge on any atom is 0.329 e. The molecule has 28 heavy (non-hydrogen) atoms. The standard InChI is InChI=1S/C23H20FNO3/c1-28-23(27)21(25-22(26)18-13-8-14-19(24)15-18)20(16-9-4-2-5-10-16)17-11-6-3-7-12-17/h2-15,20-21H,1H3,(H,25,26)/t21-/m1/s1. The first-order chi connectivity index (χ1) is 13.6. The lowest BCUT2D eigenvalue weighted by atomic mass is 9.84. The van der Waals surface area contributed by atoms with Gasteiger partial charge in [-0.1, -0.05) is 66.7 Å². The number of esters is 1. The van der Waals surface area contributed by atoms with Crippen molar-refractivity contribution in [2.75, 3.05) is 7.11 Å². The van der Waals surface area contributed by atoms with Crippen LogP contribution < -0.4 is 5.32 Å². The van der Waals surface area contributed by atoms with Crippen molar-refractivity contribution in [3.8, 4) is 0 Å². The van der Waals surface area contributed by atoms with Gasteiger partial charge in [0.1, 0.15) is 11.9 Å². The third-order valence-corrected chi connectivity index (χ3v) is 4.48. The zero-order valence-electron chi connectivity index (χ0n) is 15.3. The molecule has 0 aliphatic rings. The highest BCUT2D eigenvalue weighted by molar-refractivity contribution is 5.97. The molecule has 0 aromatic heterocycles. The minimum atomic E-state index is -0.981. The predicted molar refractivity (Wildman–Crippen MR) is 104 cm³/mol. The largest absolute Gasteiger partial charge is 0.467 e. The van der Waals surface area contributed by atoms with E-state index in [9.17, 15) is 14.0 Å². The molecule has 4 nitrogen and oxygen atoms in total. The van der Waals surface area contributed by atoms with Crippen molar-refractivity contribution in [3.05, 3.63) is 107 Å². The highest BCUT2D eigenvalue weighted by atomic mass is 19.1. The second-order valence-electron chi connectivity index (χ2n) is 6.28. The second-order valence-corrected chi connectivity index (χ2v) is 6.28. The minimum Gasteiger partial charge on any atom is -0.467 e. The normalized spacial score (nSPS) is 11.7. The number of carbonyl (C=O) groups is 2. The number of nitrogens with one attached hydrogen (secondary N) is 1. The molecule has 0 radical (unpaired) electrons. The molecule has 0 fully saturated rings. The summed E-state index contributed by atoms with van der Waals surface area (Å²) >= 11 is 0. The highest BCUT2D eigenvalue weighted by Gasteiger charge is 2.33. The van der Waals surface area contributed by atoms with Crippen LogP contribution in [-0.2, 0) is 9.53 Å². The number of ether oxygens (including phenoxy) is 1. The molecule has 0 aliphatic carbocycles. The minimum absolute atomic E-state index is 0.133. The van der Waals surface area contributed by atoms with Gasteiger partial charge in [0.2, 0.25) is 0 Å². The molecule has 0 saturated heterocycles. The van der Waals surface area contributed by atoms with E-state index in [-0.39, 0.29) is 5.56 Å². The van der Waals surface area contributed by atoms with Crippen LogP contribution in [0, 0.1) is 5.82 Å². The molecule has 3 aromatic rings. The summed E-state index contributed by atoms with van der Waals surface area (Å²) in [6.07, 6.45) is 0. The van der Waals surface area contributed by atoms with Crippen LogP contribution in [0.3, 0.4) is 0 Å². The molecule has 0 spiro atoms. The molecule has 0 unspecified atom stereocenters. The first kappa shape index (κ1) is 19.3. The van der Waals surface area contributed by atoms with Crippen LogP contribution in [0.15, 0.2) is 84.9 Å². The van der Waals surface area contributed by atoms with Gasteiger partial charge in [0.25, 0.3) is 5.91 Å².